The monoisotopic (exact) mass is 258 g/mol. The van der Waals surface area contributed by atoms with Crippen molar-refractivity contribution in [2.75, 3.05) is 5.32 Å². The molecular formula is C15H18N2O2. The molecule has 4 nitrogen and oxygen atoms in total. The van der Waals surface area contributed by atoms with Crippen molar-refractivity contribution in [3.63, 3.8) is 0 Å². The fraction of sp³-hybridized carbons (Fsp3) is 0.333. The van der Waals surface area contributed by atoms with Crippen LogP contribution in [0.5, 0.6) is 0 Å². The summed E-state index contributed by atoms with van der Waals surface area (Å²) in [5.41, 5.74) is 2.75. The van der Waals surface area contributed by atoms with E-state index in [9.17, 15) is 4.79 Å². The van der Waals surface area contributed by atoms with E-state index in [4.69, 9.17) is 4.52 Å². The topological polar surface area (TPSA) is 55.1 Å². The molecule has 0 aliphatic heterocycles. The predicted octanol–water partition coefficient (Wildman–Crippen LogP) is 3.58. The summed E-state index contributed by atoms with van der Waals surface area (Å²) in [6.45, 7) is 3.96. The molecule has 0 fully saturated rings. The van der Waals surface area contributed by atoms with Crippen molar-refractivity contribution >= 4 is 11.6 Å². The van der Waals surface area contributed by atoms with E-state index in [0.717, 1.165) is 12.1 Å². The average molecular weight is 258 g/mol. The summed E-state index contributed by atoms with van der Waals surface area (Å²) < 4.78 is 4.91. The Bertz CT molecular complexity index is 544. The maximum Gasteiger partial charge on any atom is 0.294 e. The number of carbonyl (C=O) groups excluding carboxylic acids is 1. The lowest BCUT2D eigenvalue weighted by molar-refractivity contribution is 0.0988. The third-order valence-electron chi connectivity index (χ3n) is 2.88. The zero-order chi connectivity index (χ0) is 13.7. The minimum absolute atomic E-state index is 0.229. The quantitative estimate of drug-likeness (QED) is 0.891. The highest BCUT2D eigenvalue weighted by Crippen LogP contribution is 2.13. The highest BCUT2D eigenvalue weighted by molar-refractivity contribution is 6.02. The number of nitrogens with one attached hydrogen (secondary N) is 1. The standard InChI is InChI=1S/C15H18N2O2/c1-3-4-5-12-6-8-13(9-7-12)16-15(18)14-10-11(2)17-19-14/h6-10H,3-5H2,1-2H3,(H,16,18). The molecule has 19 heavy (non-hydrogen) atoms. The third-order valence-corrected chi connectivity index (χ3v) is 2.88. The van der Waals surface area contributed by atoms with Crippen LogP contribution in [0, 0.1) is 6.92 Å². The van der Waals surface area contributed by atoms with Crippen molar-refractivity contribution in [1.29, 1.82) is 0 Å². The maximum atomic E-state index is 11.8. The summed E-state index contributed by atoms with van der Waals surface area (Å²) in [6, 6.07) is 9.51. The Morgan fingerprint density at radius 3 is 2.63 bits per heavy atom. The average Bonchev–Trinajstić information content (AvgIpc) is 2.85. The van der Waals surface area contributed by atoms with Gasteiger partial charge in [-0.25, -0.2) is 0 Å². The molecule has 0 saturated carbocycles. The molecular weight excluding hydrogens is 240 g/mol. The summed E-state index contributed by atoms with van der Waals surface area (Å²) in [7, 11) is 0. The van der Waals surface area contributed by atoms with Crippen LogP contribution in [-0.2, 0) is 6.42 Å². The Balaban J connectivity index is 1.97. The molecule has 100 valence electrons. The number of rotatable bonds is 5. The normalized spacial score (nSPS) is 10.4. The van der Waals surface area contributed by atoms with Crippen molar-refractivity contribution < 1.29 is 9.32 Å². The van der Waals surface area contributed by atoms with E-state index in [2.05, 4.69) is 17.4 Å². The van der Waals surface area contributed by atoms with Crippen LogP contribution in [0.15, 0.2) is 34.9 Å². The summed E-state index contributed by atoms with van der Waals surface area (Å²) in [6.07, 6.45) is 3.44. The Labute approximate surface area is 112 Å². The van der Waals surface area contributed by atoms with Gasteiger partial charge in [-0.2, -0.15) is 0 Å². The fourth-order valence-corrected chi connectivity index (χ4v) is 1.80. The van der Waals surface area contributed by atoms with E-state index in [0.29, 0.717) is 5.69 Å². The van der Waals surface area contributed by atoms with Crippen LogP contribution < -0.4 is 5.32 Å². The van der Waals surface area contributed by atoms with Gasteiger partial charge in [0.2, 0.25) is 5.76 Å². The van der Waals surface area contributed by atoms with E-state index >= 15 is 0 Å². The largest absolute Gasteiger partial charge is 0.351 e. The van der Waals surface area contributed by atoms with Gasteiger partial charge in [-0.3, -0.25) is 4.79 Å². The fourth-order valence-electron chi connectivity index (χ4n) is 1.80. The van der Waals surface area contributed by atoms with Gasteiger partial charge in [0.1, 0.15) is 0 Å². The van der Waals surface area contributed by atoms with Crippen molar-refractivity contribution in [2.24, 2.45) is 0 Å². The van der Waals surface area contributed by atoms with Crippen LogP contribution in [0.3, 0.4) is 0 Å². The number of amides is 1. The third kappa shape index (κ3) is 3.68. The number of aryl methyl sites for hydroxylation is 2. The van der Waals surface area contributed by atoms with Crippen LogP contribution >= 0.6 is 0 Å². The highest BCUT2D eigenvalue weighted by atomic mass is 16.5. The number of hydrogen-bond acceptors (Lipinski definition) is 3. The van der Waals surface area contributed by atoms with Gasteiger partial charge < -0.3 is 9.84 Å². The zero-order valence-electron chi connectivity index (χ0n) is 11.3. The molecule has 0 aliphatic carbocycles. The molecule has 1 amide bonds. The minimum atomic E-state index is -0.276. The van der Waals surface area contributed by atoms with Gasteiger partial charge in [-0.1, -0.05) is 30.6 Å². The number of benzene rings is 1. The number of hydrogen-bond donors (Lipinski definition) is 1. The highest BCUT2D eigenvalue weighted by Gasteiger charge is 2.11. The Morgan fingerprint density at radius 1 is 1.32 bits per heavy atom. The summed E-state index contributed by atoms with van der Waals surface area (Å²) in [5, 5.41) is 6.47. The lowest BCUT2D eigenvalue weighted by Crippen LogP contribution is -2.10. The van der Waals surface area contributed by atoms with Crippen LogP contribution in [-0.4, -0.2) is 11.1 Å². The number of aromatic nitrogens is 1. The van der Waals surface area contributed by atoms with Gasteiger partial charge in [-0.15, -0.1) is 0 Å². The second-order valence-corrected chi connectivity index (χ2v) is 4.59. The van der Waals surface area contributed by atoms with Crippen molar-refractivity contribution in [1.82, 2.24) is 5.16 Å². The van der Waals surface area contributed by atoms with E-state index < -0.39 is 0 Å². The summed E-state index contributed by atoms with van der Waals surface area (Å²) >= 11 is 0. The first-order valence-electron chi connectivity index (χ1n) is 6.52. The molecule has 1 N–H and O–H groups in total. The van der Waals surface area contributed by atoms with Crippen LogP contribution in [0.4, 0.5) is 5.69 Å². The van der Waals surface area contributed by atoms with Gasteiger partial charge in [0.15, 0.2) is 0 Å². The van der Waals surface area contributed by atoms with Crippen LogP contribution in [0.25, 0.3) is 0 Å². The van der Waals surface area contributed by atoms with Gasteiger partial charge >= 0.3 is 0 Å². The summed E-state index contributed by atoms with van der Waals surface area (Å²) in [4.78, 5) is 11.8. The lowest BCUT2D eigenvalue weighted by atomic mass is 10.1. The first-order valence-corrected chi connectivity index (χ1v) is 6.52. The molecule has 0 bridgehead atoms. The van der Waals surface area contributed by atoms with Gasteiger partial charge in [0.25, 0.3) is 5.91 Å². The van der Waals surface area contributed by atoms with E-state index in [1.165, 1.54) is 18.4 Å². The lowest BCUT2D eigenvalue weighted by Gasteiger charge is -2.04. The smallest absolute Gasteiger partial charge is 0.294 e. The Kier molecular flexibility index (Phi) is 4.34. The molecule has 0 aliphatic rings. The second-order valence-electron chi connectivity index (χ2n) is 4.59. The van der Waals surface area contributed by atoms with Crippen molar-refractivity contribution in [3.8, 4) is 0 Å². The minimum Gasteiger partial charge on any atom is -0.351 e. The van der Waals surface area contributed by atoms with Gasteiger partial charge in [-0.05, 0) is 37.5 Å². The zero-order valence-corrected chi connectivity index (χ0v) is 11.3. The number of anilines is 1. The SMILES string of the molecule is CCCCc1ccc(NC(=O)c2cc(C)no2)cc1. The molecule has 2 rings (SSSR count). The van der Waals surface area contributed by atoms with Gasteiger partial charge in [0.05, 0.1) is 5.69 Å². The predicted molar refractivity (Wildman–Crippen MR) is 74.2 cm³/mol. The first-order chi connectivity index (χ1) is 9.19. The van der Waals surface area contributed by atoms with E-state index in [-0.39, 0.29) is 11.7 Å². The molecule has 1 aromatic heterocycles. The van der Waals surface area contributed by atoms with E-state index in [1.807, 2.05) is 24.3 Å². The molecule has 0 saturated heterocycles. The Morgan fingerprint density at radius 2 is 2.05 bits per heavy atom. The molecule has 1 aromatic carbocycles. The van der Waals surface area contributed by atoms with Crippen LogP contribution in [0.2, 0.25) is 0 Å². The van der Waals surface area contributed by atoms with Gasteiger partial charge in [0, 0.05) is 11.8 Å². The molecule has 0 atom stereocenters. The molecule has 0 unspecified atom stereocenters. The van der Waals surface area contributed by atoms with Crippen LogP contribution in [0.1, 0.15) is 41.6 Å². The molecule has 0 spiro atoms. The van der Waals surface area contributed by atoms with Crippen molar-refractivity contribution in [3.05, 3.63) is 47.3 Å². The molecule has 0 radical (unpaired) electrons. The summed E-state index contributed by atoms with van der Waals surface area (Å²) in [5.74, 6) is -0.0468. The molecule has 1 heterocycles. The molecule has 2 aromatic rings. The maximum absolute atomic E-state index is 11.8. The number of carbonyl (C=O) groups is 1. The number of nitrogens with zero attached hydrogens (tertiary/aromatic N) is 1. The van der Waals surface area contributed by atoms with Crippen molar-refractivity contribution in [2.45, 2.75) is 33.1 Å². The first kappa shape index (κ1) is 13.3. The second kappa shape index (κ2) is 6.18. The van der Waals surface area contributed by atoms with E-state index in [1.54, 1.807) is 13.0 Å². The number of unbranched alkanes of at least 4 members (excludes halogenated alkanes) is 1. The molecule has 4 heteroatoms. The Hall–Kier alpha value is -2.10.